The molecule has 1 fully saturated rings. The normalized spacial score (nSPS) is 28.5. The topological polar surface area (TPSA) is 33.1 Å². The summed E-state index contributed by atoms with van der Waals surface area (Å²) >= 11 is 0. The van der Waals surface area contributed by atoms with Gasteiger partial charge in [0.15, 0.2) is 0 Å². The molecule has 1 aromatic heterocycles. The summed E-state index contributed by atoms with van der Waals surface area (Å²) in [5, 5.41) is 8.81. The molecule has 1 aliphatic rings. The van der Waals surface area contributed by atoms with E-state index in [-0.39, 0.29) is 0 Å². The predicted octanol–water partition coefficient (Wildman–Crippen LogP) is 1.18. The second-order valence-electron chi connectivity index (χ2n) is 3.04. The number of aliphatic hydroxyl groups excluding tert-OH is 1. The van der Waals surface area contributed by atoms with Crippen molar-refractivity contribution in [3.63, 3.8) is 0 Å². The fourth-order valence-corrected chi connectivity index (χ4v) is 1.41. The lowest BCUT2D eigenvalue weighted by Crippen LogP contribution is -1.90. The number of aromatic nitrogens is 1. The summed E-state index contributed by atoms with van der Waals surface area (Å²) in [7, 11) is 0. The summed E-state index contributed by atoms with van der Waals surface area (Å²) in [6.45, 7) is 0.307. The van der Waals surface area contributed by atoms with Crippen LogP contribution in [0.25, 0.3) is 0 Å². The lowest BCUT2D eigenvalue weighted by molar-refractivity contribution is 0.273. The van der Waals surface area contributed by atoms with E-state index >= 15 is 0 Å². The molecule has 1 aromatic rings. The Labute approximate surface area is 65.9 Å². The maximum absolute atomic E-state index is 8.81. The summed E-state index contributed by atoms with van der Waals surface area (Å²) in [5.41, 5.74) is 1.13. The highest BCUT2D eigenvalue weighted by Gasteiger charge is 2.38. The number of rotatable bonds is 2. The fraction of sp³-hybridized carbons (Fsp3) is 0.444. The molecule has 1 heterocycles. The summed E-state index contributed by atoms with van der Waals surface area (Å²) in [4.78, 5) is 4.23. The molecule has 58 valence electrons. The van der Waals surface area contributed by atoms with Crippen molar-refractivity contribution in [2.45, 2.75) is 12.3 Å². The quantitative estimate of drug-likeness (QED) is 0.684. The highest BCUT2D eigenvalue weighted by molar-refractivity contribution is 5.17. The minimum Gasteiger partial charge on any atom is -0.396 e. The lowest BCUT2D eigenvalue weighted by atomic mass is 10.2. The maximum atomic E-state index is 8.81. The van der Waals surface area contributed by atoms with E-state index in [0.717, 1.165) is 12.1 Å². The van der Waals surface area contributed by atoms with Crippen molar-refractivity contribution in [1.29, 1.82) is 0 Å². The van der Waals surface area contributed by atoms with Crippen LogP contribution in [0.1, 0.15) is 18.0 Å². The molecule has 0 saturated heterocycles. The monoisotopic (exact) mass is 149 g/mol. The van der Waals surface area contributed by atoms with Gasteiger partial charge in [0.25, 0.3) is 0 Å². The van der Waals surface area contributed by atoms with E-state index in [9.17, 15) is 0 Å². The smallest absolute Gasteiger partial charge is 0.0465 e. The molecule has 2 nitrogen and oxygen atoms in total. The molecule has 2 atom stereocenters. The highest BCUT2D eigenvalue weighted by Crippen LogP contribution is 2.45. The molecule has 0 bridgehead atoms. The van der Waals surface area contributed by atoms with E-state index in [2.05, 4.69) is 4.98 Å². The van der Waals surface area contributed by atoms with Gasteiger partial charge in [0.2, 0.25) is 0 Å². The molecule has 11 heavy (non-hydrogen) atoms. The molecular weight excluding hydrogens is 138 g/mol. The van der Waals surface area contributed by atoms with Crippen molar-refractivity contribution in [3.05, 3.63) is 30.1 Å². The number of aliphatic hydroxyl groups is 1. The molecule has 0 amide bonds. The van der Waals surface area contributed by atoms with Crippen molar-refractivity contribution >= 4 is 0 Å². The summed E-state index contributed by atoms with van der Waals surface area (Å²) < 4.78 is 0. The molecule has 0 radical (unpaired) electrons. The van der Waals surface area contributed by atoms with Gasteiger partial charge < -0.3 is 5.11 Å². The van der Waals surface area contributed by atoms with Crippen LogP contribution in [0.2, 0.25) is 0 Å². The Hall–Kier alpha value is -0.890. The standard InChI is InChI=1S/C9H11NO/c11-6-7-5-8(7)9-3-1-2-4-10-9/h1-4,7-8,11H,5-6H2/t7-,8-/m1/s1. The van der Waals surface area contributed by atoms with Crippen molar-refractivity contribution < 1.29 is 5.11 Å². The highest BCUT2D eigenvalue weighted by atomic mass is 16.3. The Balaban J connectivity index is 2.09. The first-order valence-electron chi connectivity index (χ1n) is 3.93. The summed E-state index contributed by atoms with van der Waals surface area (Å²) in [6, 6.07) is 5.94. The average Bonchev–Trinajstić information content (AvgIpc) is 2.85. The largest absolute Gasteiger partial charge is 0.396 e. The molecule has 0 aliphatic heterocycles. The zero-order valence-electron chi connectivity index (χ0n) is 6.27. The molecule has 2 rings (SSSR count). The van der Waals surface area contributed by atoms with Crippen LogP contribution in [-0.4, -0.2) is 16.7 Å². The van der Waals surface area contributed by atoms with Crippen LogP contribution >= 0.6 is 0 Å². The first-order chi connectivity index (χ1) is 5.42. The van der Waals surface area contributed by atoms with Crippen LogP contribution in [0.3, 0.4) is 0 Å². The molecule has 0 spiro atoms. The molecule has 2 heteroatoms. The van der Waals surface area contributed by atoms with Crippen molar-refractivity contribution in [1.82, 2.24) is 4.98 Å². The Kier molecular flexibility index (Phi) is 1.62. The van der Waals surface area contributed by atoms with Crippen LogP contribution in [0.5, 0.6) is 0 Å². The number of nitrogens with zero attached hydrogens (tertiary/aromatic N) is 1. The second kappa shape index (κ2) is 2.62. The Morgan fingerprint density at radius 2 is 2.45 bits per heavy atom. The Morgan fingerprint density at radius 3 is 3.00 bits per heavy atom. The van der Waals surface area contributed by atoms with Crippen molar-refractivity contribution in [2.24, 2.45) is 5.92 Å². The van der Waals surface area contributed by atoms with Gasteiger partial charge in [0.05, 0.1) is 0 Å². The molecule has 1 aliphatic carbocycles. The van der Waals surface area contributed by atoms with Gasteiger partial charge in [-0.05, 0) is 24.5 Å². The lowest BCUT2D eigenvalue weighted by Gasteiger charge is -1.94. The number of hydrogen-bond donors (Lipinski definition) is 1. The van der Waals surface area contributed by atoms with Gasteiger partial charge in [0, 0.05) is 24.4 Å². The van der Waals surface area contributed by atoms with E-state index in [0.29, 0.717) is 18.4 Å². The number of hydrogen-bond acceptors (Lipinski definition) is 2. The van der Waals surface area contributed by atoms with E-state index in [1.165, 1.54) is 0 Å². The van der Waals surface area contributed by atoms with E-state index in [1.54, 1.807) is 0 Å². The first-order valence-corrected chi connectivity index (χ1v) is 3.93. The molecule has 0 aromatic carbocycles. The zero-order chi connectivity index (χ0) is 7.68. The zero-order valence-corrected chi connectivity index (χ0v) is 6.27. The Morgan fingerprint density at radius 1 is 1.55 bits per heavy atom. The van der Waals surface area contributed by atoms with Gasteiger partial charge in [-0.25, -0.2) is 0 Å². The van der Waals surface area contributed by atoms with Crippen LogP contribution in [0, 0.1) is 5.92 Å². The first kappa shape index (κ1) is 6.80. The van der Waals surface area contributed by atoms with Crippen LogP contribution in [0.4, 0.5) is 0 Å². The van der Waals surface area contributed by atoms with E-state index in [1.807, 2.05) is 24.4 Å². The van der Waals surface area contributed by atoms with Gasteiger partial charge in [-0.1, -0.05) is 6.07 Å². The van der Waals surface area contributed by atoms with Gasteiger partial charge in [0.1, 0.15) is 0 Å². The minimum atomic E-state index is 0.307. The summed E-state index contributed by atoms with van der Waals surface area (Å²) in [5.74, 6) is 1.01. The van der Waals surface area contributed by atoms with Crippen molar-refractivity contribution in [2.75, 3.05) is 6.61 Å². The SMILES string of the molecule is OC[C@H]1C[C@H]1c1ccccn1. The molecule has 0 unspecified atom stereocenters. The molecular formula is C9H11NO. The van der Waals surface area contributed by atoms with Crippen LogP contribution in [-0.2, 0) is 0 Å². The fourth-order valence-electron chi connectivity index (χ4n) is 1.41. The van der Waals surface area contributed by atoms with Crippen LogP contribution in [0.15, 0.2) is 24.4 Å². The third kappa shape index (κ3) is 1.26. The van der Waals surface area contributed by atoms with Gasteiger partial charge >= 0.3 is 0 Å². The maximum Gasteiger partial charge on any atom is 0.0465 e. The minimum absolute atomic E-state index is 0.307. The van der Waals surface area contributed by atoms with Gasteiger partial charge in [-0.2, -0.15) is 0 Å². The third-order valence-electron chi connectivity index (χ3n) is 2.22. The third-order valence-corrected chi connectivity index (χ3v) is 2.22. The Bertz CT molecular complexity index is 235. The van der Waals surface area contributed by atoms with Gasteiger partial charge in [-0.15, -0.1) is 0 Å². The average molecular weight is 149 g/mol. The molecule has 1 saturated carbocycles. The van der Waals surface area contributed by atoms with Crippen LogP contribution < -0.4 is 0 Å². The van der Waals surface area contributed by atoms with E-state index < -0.39 is 0 Å². The van der Waals surface area contributed by atoms with Gasteiger partial charge in [-0.3, -0.25) is 4.98 Å². The molecule has 1 N–H and O–H groups in total. The van der Waals surface area contributed by atoms with E-state index in [4.69, 9.17) is 5.11 Å². The van der Waals surface area contributed by atoms with Crippen molar-refractivity contribution in [3.8, 4) is 0 Å². The second-order valence-corrected chi connectivity index (χ2v) is 3.04. The predicted molar refractivity (Wildman–Crippen MR) is 42.2 cm³/mol. The number of pyridine rings is 1. The summed E-state index contributed by atoms with van der Waals surface area (Å²) in [6.07, 6.45) is 2.91.